The zero-order chi connectivity index (χ0) is 13.6. The van der Waals surface area contributed by atoms with Crippen LogP contribution in [0.25, 0.3) is 11.3 Å². The summed E-state index contributed by atoms with van der Waals surface area (Å²) < 4.78 is 16.3. The predicted octanol–water partition coefficient (Wildman–Crippen LogP) is 1.77. The number of fused-ring (bicyclic) bond motifs is 1. The maximum atomic E-state index is 12.0. The summed E-state index contributed by atoms with van der Waals surface area (Å²) in [5.74, 6) is 0. The first-order valence-corrected chi connectivity index (χ1v) is 9.23. The van der Waals surface area contributed by atoms with E-state index in [2.05, 4.69) is 37.8 Å². The highest BCUT2D eigenvalue weighted by atomic mass is 127. The zero-order valence-corrected chi connectivity index (χ0v) is 13.4. The fraction of sp³-hybridized carbons (Fsp3) is 0.182. The Balaban J connectivity index is 2.17. The Morgan fingerprint density at radius 1 is 1.26 bits per heavy atom. The van der Waals surface area contributed by atoms with Crippen molar-refractivity contribution in [2.24, 2.45) is 0 Å². The summed E-state index contributed by atoms with van der Waals surface area (Å²) in [4.78, 5) is 4.44. The Labute approximate surface area is 123 Å². The fourth-order valence-corrected chi connectivity index (χ4v) is 2.83. The molecule has 6 nitrogen and oxygen atoms in total. The summed E-state index contributed by atoms with van der Waals surface area (Å²) in [6.45, 7) is 3.46. The van der Waals surface area contributed by atoms with E-state index >= 15 is 0 Å². The van der Waals surface area contributed by atoms with Gasteiger partial charge in [-0.05, 0) is 42.0 Å². The van der Waals surface area contributed by atoms with Gasteiger partial charge >= 0.3 is 0 Å². The fourth-order valence-electron chi connectivity index (χ4n) is 1.72. The number of hydrogen-bond donors (Lipinski definition) is 0. The molecule has 19 heavy (non-hydrogen) atoms. The zero-order valence-electron chi connectivity index (χ0n) is 10.4. The minimum Gasteiger partial charge on any atom is -0.319 e. The maximum absolute atomic E-state index is 12.0. The van der Waals surface area contributed by atoms with Gasteiger partial charge in [-0.2, -0.15) is 10.2 Å². The molecule has 8 heteroatoms. The molecule has 0 radical (unpaired) electrons. The van der Waals surface area contributed by atoms with Crippen LogP contribution in [-0.2, 0) is 4.57 Å². The molecule has 0 aromatic carbocycles. The molecular formula is C11H11IN5OP. The quantitative estimate of drug-likeness (QED) is 0.382. The molecule has 0 fully saturated rings. The molecule has 0 aliphatic rings. The first-order valence-electron chi connectivity index (χ1n) is 5.55. The van der Waals surface area contributed by atoms with E-state index in [0.717, 1.165) is 20.3 Å². The van der Waals surface area contributed by atoms with Crippen LogP contribution >= 0.6 is 29.7 Å². The molecule has 0 atom stereocenters. The van der Waals surface area contributed by atoms with E-state index in [0.29, 0.717) is 0 Å². The van der Waals surface area contributed by atoms with Crippen LogP contribution in [0, 0.1) is 3.70 Å². The summed E-state index contributed by atoms with van der Waals surface area (Å²) >= 11 is 2.15. The van der Waals surface area contributed by atoms with Crippen molar-refractivity contribution >= 4 is 40.7 Å². The van der Waals surface area contributed by atoms with E-state index in [4.69, 9.17) is 0 Å². The van der Waals surface area contributed by atoms with Crippen molar-refractivity contribution in [2.75, 3.05) is 13.3 Å². The highest BCUT2D eigenvalue weighted by Crippen LogP contribution is 2.34. The third-order valence-electron chi connectivity index (χ3n) is 2.75. The highest BCUT2D eigenvalue weighted by molar-refractivity contribution is 14.1. The van der Waals surface area contributed by atoms with Crippen LogP contribution in [0.2, 0.25) is 0 Å². The average Bonchev–Trinajstić information content (AvgIpc) is 2.92. The first kappa shape index (κ1) is 12.8. The second kappa shape index (κ2) is 4.42. The van der Waals surface area contributed by atoms with E-state index in [9.17, 15) is 4.57 Å². The van der Waals surface area contributed by atoms with E-state index < -0.39 is 7.14 Å². The average molecular weight is 387 g/mol. The molecule has 3 rings (SSSR count). The Kier molecular flexibility index (Phi) is 2.98. The number of aromatic nitrogens is 5. The standard InChI is InChI=1S/C11H11IN5OP/c1-19(2,18)8-5-13-17(7-8)9-6-14-16-4-3-10(12)15-11(9)16/h3-7H,1-2H3. The van der Waals surface area contributed by atoms with Gasteiger partial charge < -0.3 is 4.57 Å². The van der Waals surface area contributed by atoms with Gasteiger partial charge in [0.05, 0.1) is 12.4 Å². The van der Waals surface area contributed by atoms with E-state index in [1.165, 1.54) is 0 Å². The summed E-state index contributed by atoms with van der Waals surface area (Å²) in [6, 6.07) is 1.88. The van der Waals surface area contributed by atoms with Crippen LogP contribution in [0.5, 0.6) is 0 Å². The van der Waals surface area contributed by atoms with Crippen molar-refractivity contribution in [3.8, 4) is 5.69 Å². The van der Waals surface area contributed by atoms with Crippen LogP contribution in [0.1, 0.15) is 0 Å². The van der Waals surface area contributed by atoms with Gasteiger partial charge in [0.25, 0.3) is 0 Å². The molecular weight excluding hydrogens is 376 g/mol. The lowest BCUT2D eigenvalue weighted by Gasteiger charge is -2.01. The number of nitrogens with zero attached hydrogens (tertiary/aromatic N) is 5. The molecule has 3 aromatic heterocycles. The summed E-state index contributed by atoms with van der Waals surface area (Å²) in [5.41, 5.74) is 1.50. The second-order valence-electron chi connectivity index (χ2n) is 4.54. The largest absolute Gasteiger partial charge is 0.319 e. The molecule has 0 aliphatic carbocycles. The first-order chi connectivity index (χ1) is 8.95. The van der Waals surface area contributed by atoms with Gasteiger partial charge in [0.2, 0.25) is 0 Å². The Morgan fingerprint density at radius 3 is 2.74 bits per heavy atom. The lowest BCUT2D eigenvalue weighted by Crippen LogP contribution is -2.00. The van der Waals surface area contributed by atoms with Crippen molar-refractivity contribution in [1.29, 1.82) is 0 Å². The summed E-state index contributed by atoms with van der Waals surface area (Å²) in [6.07, 6.45) is 6.96. The molecule has 0 unspecified atom stereocenters. The van der Waals surface area contributed by atoms with E-state index in [-0.39, 0.29) is 0 Å². The predicted molar refractivity (Wildman–Crippen MR) is 81.9 cm³/mol. The van der Waals surface area contributed by atoms with Crippen molar-refractivity contribution in [3.63, 3.8) is 0 Å². The van der Waals surface area contributed by atoms with E-state index in [1.807, 2.05) is 12.3 Å². The molecule has 0 amide bonds. The van der Waals surface area contributed by atoms with Crippen LogP contribution in [0.3, 0.4) is 0 Å². The number of halogens is 1. The third-order valence-corrected chi connectivity index (χ3v) is 4.83. The highest BCUT2D eigenvalue weighted by Gasteiger charge is 2.16. The van der Waals surface area contributed by atoms with Crippen LogP contribution < -0.4 is 5.30 Å². The second-order valence-corrected chi connectivity index (χ2v) is 8.87. The summed E-state index contributed by atoms with van der Waals surface area (Å²) in [5, 5.41) is 9.23. The SMILES string of the molecule is CP(C)(=O)c1cnn(-c2cnn3ccc(I)nc23)c1. The molecule has 0 saturated heterocycles. The molecule has 3 heterocycles. The van der Waals surface area contributed by atoms with Crippen LogP contribution in [0.4, 0.5) is 0 Å². The third kappa shape index (κ3) is 2.32. The van der Waals surface area contributed by atoms with Gasteiger partial charge in [-0.15, -0.1) is 0 Å². The van der Waals surface area contributed by atoms with Crippen molar-refractivity contribution in [3.05, 3.63) is 34.6 Å². The van der Waals surface area contributed by atoms with Crippen LogP contribution in [0.15, 0.2) is 30.9 Å². The smallest absolute Gasteiger partial charge is 0.182 e. The van der Waals surface area contributed by atoms with Crippen LogP contribution in [-0.4, -0.2) is 37.7 Å². The van der Waals surface area contributed by atoms with Gasteiger partial charge in [-0.25, -0.2) is 14.2 Å². The monoisotopic (exact) mass is 387 g/mol. The normalized spacial score (nSPS) is 12.2. The molecule has 0 N–H and O–H groups in total. The van der Waals surface area contributed by atoms with Gasteiger partial charge in [0.15, 0.2) is 5.65 Å². The topological polar surface area (TPSA) is 65.1 Å². The van der Waals surface area contributed by atoms with Gasteiger partial charge in [-0.1, -0.05) is 0 Å². The molecule has 98 valence electrons. The van der Waals surface area contributed by atoms with Crippen molar-refractivity contribution < 1.29 is 4.57 Å². The minimum absolute atomic E-state index is 0.726. The molecule has 0 spiro atoms. The van der Waals surface area contributed by atoms with Gasteiger partial charge in [0, 0.05) is 17.7 Å². The number of hydrogen-bond acceptors (Lipinski definition) is 4. The molecule has 0 saturated carbocycles. The maximum Gasteiger partial charge on any atom is 0.182 e. The van der Waals surface area contributed by atoms with Gasteiger partial charge in [0.1, 0.15) is 16.5 Å². The minimum atomic E-state index is -2.30. The lowest BCUT2D eigenvalue weighted by molar-refractivity contribution is 0.588. The Morgan fingerprint density at radius 2 is 2.05 bits per heavy atom. The lowest BCUT2D eigenvalue weighted by atomic mass is 10.5. The Hall–Kier alpha value is -1.21. The van der Waals surface area contributed by atoms with E-state index in [1.54, 1.807) is 41.1 Å². The van der Waals surface area contributed by atoms with Crippen molar-refractivity contribution in [1.82, 2.24) is 24.4 Å². The Bertz CT molecular complexity index is 802. The molecule has 3 aromatic rings. The summed E-state index contributed by atoms with van der Waals surface area (Å²) in [7, 11) is -2.30. The van der Waals surface area contributed by atoms with Crippen molar-refractivity contribution in [2.45, 2.75) is 0 Å². The molecule has 0 bridgehead atoms. The van der Waals surface area contributed by atoms with Gasteiger partial charge in [-0.3, -0.25) is 0 Å². The molecule has 0 aliphatic heterocycles. The number of rotatable bonds is 2.